The molecule has 0 aliphatic carbocycles. The number of aromatic nitrogens is 1. The monoisotopic (exact) mass is 274 g/mol. The van der Waals surface area contributed by atoms with Crippen molar-refractivity contribution in [2.75, 3.05) is 18.5 Å². The third-order valence-corrected chi connectivity index (χ3v) is 3.98. The van der Waals surface area contributed by atoms with Crippen LogP contribution in [0.4, 0.5) is 14.6 Å². The lowest BCUT2D eigenvalue weighted by Gasteiger charge is -2.25. The van der Waals surface area contributed by atoms with Crippen molar-refractivity contribution in [1.29, 1.82) is 0 Å². The van der Waals surface area contributed by atoms with E-state index in [1.165, 1.54) is 12.1 Å². The fourth-order valence-corrected chi connectivity index (χ4v) is 3.09. The molecule has 2 aromatic rings. The summed E-state index contributed by atoms with van der Waals surface area (Å²) >= 11 is 0. The van der Waals surface area contributed by atoms with Gasteiger partial charge in [-0.05, 0) is 24.1 Å². The Morgan fingerprint density at radius 1 is 1.30 bits per heavy atom. The molecule has 3 rings (SSSR count). The van der Waals surface area contributed by atoms with Crippen LogP contribution < -0.4 is 4.90 Å². The second-order valence-corrected chi connectivity index (χ2v) is 5.70. The second kappa shape index (κ2) is 4.54. The number of hydrogen-bond donors (Lipinski definition) is 0. The van der Waals surface area contributed by atoms with E-state index in [9.17, 15) is 8.78 Å². The third kappa shape index (κ3) is 2.05. The van der Waals surface area contributed by atoms with E-state index >= 15 is 0 Å². The Bertz CT molecular complexity index is 657. The molecular weight excluding hydrogens is 258 g/mol. The first-order valence-corrected chi connectivity index (χ1v) is 6.60. The normalized spacial score (nSPS) is 21.1. The minimum absolute atomic E-state index is 0.211. The number of halogens is 2. The van der Waals surface area contributed by atoms with Gasteiger partial charge in [-0.25, -0.2) is 13.8 Å². The zero-order valence-electron chi connectivity index (χ0n) is 11.5. The third-order valence-electron chi connectivity index (χ3n) is 3.98. The van der Waals surface area contributed by atoms with E-state index in [4.69, 9.17) is 0 Å². The maximum absolute atomic E-state index is 13.9. The van der Waals surface area contributed by atoms with Crippen LogP contribution in [-0.2, 0) is 11.8 Å². The number of anilines is 1. The van der Waals surface area contributed by atoms with Gasteiger partial charge in [0.15, 0.2) is 0 Å². The number of likely N-dealkylation sites (N-methyl/N-ethyl adjacent to an activating group) is 1. The van der Waals surface area contributed by atoms with E-state index in [1.807, 2.05) is 19.2 Å². The largest absolute Gasteiger partial charge is 0.359 e. The molecule has 0 amide bonds. The Morgan fingerprint density at radius 2 is 2.10 bits per heavy atom. The Hall–Kier alpha value is -1.97. The van der Waals surface area contributed by atoms with Crippen LogP contribution in [0.25, 0.3) is 0 Å². The molecule has 20 heavy (non-hydrogen) atoms. The summed E-state index contributed by atoms with van der Waals surface area (Å²) in [7, 11) is 1.98. The molecule has 0 N–H and O–H groups in total. The van der Waals surface area contributed by atoms with Gasteiger partial charge in [-0.2, -0.15) is 0 Å². The quantitative estimate of drug-likeness (QED) is 0.835. The second-order valence-electron chi connectivity index (χ2n) is 5.70. The van der Waals surface area contributed by atoms with Crippen LogP contribution in [0.15, 0.2) is 36.5 Å². The predicted molar refractivity (Wildman–Crippen MR) is 74.9 cm³/mol. The lowest BCUT2D eigenvalue weighted by molar-refractivity contribution is 0.482. The zero-order chi connectivity index (χ0) is 14.3. The molecule has 104 valence electrons. The van der Waals surface area contributed by atoms with Gasteiger partial charge < -0.3 is 4.90 Å². The highest BCUT2D eigenvalue weighted by Crippen LogP contribution is 2.40. The highest BCUT2D eigenvalue weighted by molar-refractivity contribution is 5.57. The van der Waals surface area contributed by atoms with Crippen molar-refractivity contribution in [3.8, 4) is 0 Å². The lowest BCUT2D eigenvalue weighted by atomic mass is 9.79. The maximum Gasteiger partial charge on any atom is 0.132 e. The summed E-state index contributed by atoms with van der Waals surface area (Å²) in [5.41, 5.74) is 1.45. The summed E-state index contributed by atoms with van der Waals surface area (Å²) in [6.45, 7) is 2.87. The lowest BCUT2D eigenvalue weighted by Crippen LogP contribution is -2.31. The molecule has 0 radical (unpaired) electrons. The Morgan fingerprint density at radius 3 is 2.85 bits per heavy atom. The van der Waals surface area contributed by atoms with E-state index in [-0.39, 0.29) is 5.41 Å². The Kier molecular flexibility index (Phi) is 2.96. The zero-order valence-corrected chi connectivity index (χ0v) is 11.5. The fourth-order valence-electron chi connectivity index (χ4n) is 3.09. The molecule has 0 unspecified atom stereocenters. The van der Waals surface area contributed by atoms with Crippen molar-refractivity contribution in [2.24, 2.45) is 0 Å². The molecule has 0 saturated heterocycles. The molecule has 1 aliphatic rings. The number of fused-ring (bicyclic) bond motifs is 1. The number of benzene rings is 1. The molecule has 0 fully saturated rings. The van der Waals surface area contributed by atoms with Gasteiger partial charge in [0.25, 0.3) is 0 Å². The smallest absolute Gasteiger partial charge is 0.132 e. The van der Waals surface area contributed by atoms with Gasteiger partial charge in [-0.15, -0.1) is 0 Å². The summed E-state index contributed by atoms with van der Waals surface area (Å²) in [6, 6.07) is 7.72. The van der Waals surface area contributed by atoms with Gasteiger partial charge in [0.2, 0.25) is 0 Å². The van der Waals surface area contributed by atoms with Crippen molar-refractivity contribution in [3.05, 3.63) is 59.3 Å². The van der Waals surface area contributed by atoms with Crippen molar-refractivity contribution in [2.45, 2.75) is 18.8 Å². The minimum atomic E-state index is -0.540. The molecule has 2 heterocycles. The molecule has 1 atom stereocenters. The van der Waals surface area contributed by atoms with Crippen LogP contribution in [0.1, 0.15) is 18.1 Å². The van der Waals surface area contributed by atoms with Gasteiger partial charge in [0.05, 0.1) is 0 Å². The van der Waals surface area contributed by atoms with Crippen LogP contribution in [0.3, 0.4) is 0 Å². The maximum atomic E-state index is 13.9. The minimum Gasteiger partial charge on any atom is -0.359 e. The number of hydrogen-bond acceptors (Lipinski definition) is 2. The number of nitrogens with zero attached hydrogens (tertiary/aromatic N) is 2. The Balaban J connectivity index is 1.98. The van der Waals surface area contributed by atoms with Gasteiger partial charge in [-0.3, -0.25) is 0 Å². The highest BCUT2D eigenvalue weighted by Gasteiger charge is 2.38. The van der Waals surface area contributed by atoms with Crippen molar-refractivity contribution in [1.82, 2.24) is 4.98 Å². The fraction of sp³-hybridized carbons (Fsp3) is 0.312. The van der Waals surface area contributed by atoms with Crippen molar-refractivity contribution < 1.29 is 8.78 Å². The highest BCUT2D eigenvalue weighted by atomic mass is 19.1. The van der Waals surface area contributed by atoms with Crippen LogP contribution in [0.2, 0.25) is 0 Å². The first-order valence-electron chi connectivity index (χ1n) is 6.60. The van der Waals surface area contributed by atoms with Crippen LogP contribution in [-0.4, -0.2) is 18.6 Å². The summed E-state index contributed by atoms with van der Waals surface area (Å²) < 4.78 is 26.9. The summed E-state index contributed by atoms with van der Waals surface area (Å²) in [5.74, 6) is -0.0780. The van der Waals surface area contributed by atoms with E-state index in [0.717, 1.165) is 24.0 Å². The molecule has 1 aliphatic heterocycles. The van der Waals surface area contributed by atoms with Crippen LogP contribution in [0.5, 0.6) is 0 Å². The van der Waals surface area contributed by atoms with Crippen molar-refractivity contribution >= 4 is 5.82 Å². The van der Waals surface area contributed by atoms with Crippen LogP contribution >= 0.6 is 0 Å². The van der Waals surface area contributed by atoms with Gasteiger partial charge in [0.1, 0.15) is 17.5 Å². The summed E-state index contributed by atoms with van der Waals surface area (Å²) in [5, 5.41) is 0. The topological polar surface area (TPSA) is 16.1 Å². The van der Waals surface area contributed by atoms with Crippen molar-refractivity contribution in [3.63, 3.8) is 0 Å². The number of rotatable bonds is 2. The van der Waals surface area contributed by atoms with E-state index in [2.05, 4.69) is 16.8 Å². The van der Waals surface area contributed by atoms with Crippen LogP contribution in [0, 0.1) is 11.6 Å². The van der Waals surface area contributed by atoms with E-state index < -0.39 is 11.6 Å². The predicted octanol–water partition coefficient (Wildman–Crippen LogP) is 3.31. The van der Waals surface area contributed by atoms with Gasteiger partial charge >= 0.3 is 0 Å². The number of pyridine rings is 1. The first-order chi connectivity index (χ1) is 9.49. The molecule has 0 saturated carbocycles. The summed E-state index contributed by atoms with van der Waals surface area (Å²) in [4.78, 5) is 6.47. The van der Waals surface area contributed by atoms with Gasteiger partial charge in [0, 0.05) is 36.8 Å². The average Bonchev–Trinajstić information content (AvgIpc) is 2.66. The molecule has 4 heteroatoms. The molecular formula is C16H16F2N2. The van der Waals surface area contributed by atoms with E-state index in [0.29, 0.717) is 12.0 Å². The molecule has 2 nitrogen and oxygen atoms in total. The van der Waals surface area contributed by atoms with Gasteiger partial charge in [-0.1, -0.05) is 19.1 Å². The molecule has 1 aromatic heterocycles. The standard InChI is InChI=1S/C16H16F2N2/c1-16(9-11-5-6-12(17)8-14(11)18)10-20(2)15-13(16)4-3-7-19-15/h3-8H,9-10H2,1-2H3/t16-/m1/s1. The SMILES string of the molecule is CN1C[C@@](C)(Cc2ccc(F)cc2F)c2cccnc21. The molecule has 0 spiro atoms. The summed E-state index contributed by atoms with van der Waals surface area (Å²) in [6.07, 6.45) is 2.29. The first kappa shape index (κ1) is 13.0. The average molecular weight is 274 g/mol. The Labute approximate surface area is 117 Å². The molecule has 0 bridgehead atoms. The van der Waals surface area contributed by atoms with E-state index in [1.54, 1.807) is 6.20 Å². The molecule has 1 aromatic carbocycles.